The largest absolute Gasteiger partial charge is 0.462 e. The van der Waals surface area contributed by atoms with Crippen LogP contribution in [0.2, 0.25) is 0 Å². The third-order valence-corrected chi connectivity index (χ3v) is 2.03. The Hall–Kier alpha value is -2.11. The van der Waals surface area contributed by atoms with Crippen molar-refractivity contribution in [3.8, 4) is 5.75 Å². The van der Waals surface area contributed by atoms with Gasteiger partial charge < -0.3 is 13.9 Å². The fourth-order valence-corrected chi connectivity index (χ4v) is 1.04. The maximum atomic E-state index is 11.5. The van der Waals surface area contributed by atoms with Crippen LogP contribution in [0, 0.1) is 0 Å². The van der Waals surface area contributed by atoms with Gasteiger partial charge in [-0.15, -0.1) is 0 Å². The van der Waals surface area contributed by atoms with E-state index >= 15 is 0 Å². The molecule has 1 heterocycles. The predicted molar refractivity (Wildman–Crippen MR) is 61.0 cm³/mol. The van der Waals surface area contributed by atoms with Crippen LogP contribution in [0.25, 0.3) is 0 Å². The topological polar surface area (TPSA) is 82.8 Å². The molecule has 0 bridgehead atoms. The van der Waals surface area contributed by atoms with Crippen molar-refractivity contribution in [2.75, 3.05) is 0 Å². The van der Waals surface area contributed by atoms with Crippen LogP contribution in [0.1, 0.15) is 32.4 Å². The average Bonchev–Trinajstić information content (AvgIpc) is 2.38. The van der Waals surface area contributed by atoms with Crippen LogP contribution >= 0.6 is 0 Å². The molecule has 1 rings (SSSR count). The SMILES string of the molecule is CCC(=O)OCc1cc(=O)c(OC(=O)CC)co1. The van der Waals surface area contributed by atoms with E-state index in [1.807, 2.05) is 0 Å². The van der Waals surface area contributed by atoms with Crippen LogP contribution in [0.5, 0.6) is 5.75 Å². The van der Waals surface area contributed by atoms with E-state index in [1.54, 1.807) is 13.8 Å². The summed E-state index contributed by atoms with van der Waals surface area (Å²) in [6, 6.07) is 1.13. The molecule has 1 aromatic rings. The number of hydrogen-bond acceptors (Lipinski definition) is 6. The Kier molecular flexibility index (Phi) is 5.10. The first-order valence-corrected chi connectivity index (χ1v) is 5.54. The number of carbonyl (C=O) groups excluding carboxylic acids is 2. The van der Waals surface area contributed by atoms with Crippen LogP contribution in [0.3, 0.4) is 0 Å². The van der Waals surface area contributed by atoms with E-state index < -0.39 is 11.4 Å². The molecule has 0 atom stereocenters. The van der Waals surface area contributed by atoms with Gasteiger partial charge in [-0.05, 0) is 0 Å². The Morgan fingerprint density at radius 3 is 2.44 bits per heavy atom. The zero-order valence-electron chi connectivity index (χ0n) is 10.2. The summed E-state index contributed by atoms with van der Waals surface area (Å²) < 4.78 is 14.6. The quantitative estimate of drug-likeness (QED) is 0.739. The molecule has 0 spiro atoms. The fraction of sp³-hybridized carbons (Fsp3) is 0.417. The maximum Gasteiger partial charge on any atom is 0.311 e. The lowest BCUT2D eigenvalue weighted by Gasteiger charge is -2.04. The van der Waals surface area contributed by atoms with Crippen molar-refractivity contribution < 1.29 is 23.5 Å². The second-order valence-corrected chi connectivity index (χ2v) is 3.42. The second kappa shape index (κ2) is 6.58. The minimum Gasteiger partial charge on any atom is -0.462 e. The van der Waals surface area contributed by atoms with E-state index in [2.05, 4.69) is 0 Å². The fourth-order valence-electron chi connectivity index (χ4n) is 1.04. The molecule has 0 amide bonds. The van der Waals surface area contributed by atoms with Crippen LogP contribution in [-0.2, 0) is 20.9 Å². The molecule has 0 aliphatic heterocycles. The zero-order valence-corrected chi connectivity index (χ0v) is 10.2. The molecule has 98 valence electrons. The molecule has 0 aliphatic carbocycles. The number of esters is 2. The molecule has 0 aliphatic rings. The number of ether oxygens (including phenoxy) is 2. The molecule has 0 aromatic carbocycles. The van der Waals surface area contributed by atoms with Crippen molar-refractivity contribution in [2.24, 2.45) is 0 Å². The highest BCUT2D eigenvalue weighted by molar-refractivity contribution is 5.71. The monoisotopic (exact) mass is 254 g/mol. The molecular weight excluding hydrogens is 240 g/mol. The molecule has 6 nitrogen and oxygen atoms in total. The van der Waals surface area contributed by atoms with Crippen LogP contribution in [-0.4, -0.2) is 11.9 Å². The van der Waals surface area contributed by atoms with E-state index in [-0.39, 0.29) is 36.9 Å². The van der Waals surface area contributed by atoms with Gasteiger partial charge in [-0.25, -0.2) is 0 Å². The van der Waals surface area contributed by atoms with Gasteiger partial charge in [0.05, 0.1) is 0 Å². The van der Waals surface area contributed by atoms with Crippen molar-refractivity contribution in [1.29, 1.82) is 0 Å². The Balaban J connectivity index is 2.70. The van der Waals surface area contributed by atoms with Gasteiger partial charge in [0.15, 0.2) is 0 Å². The first-order chi connectivity index (χ1) is 8.56. The van der Waals surface area contributed by atoms with Crippen molar-refractivity contribution in [3.63, 3.8) is 0 Å². The van der Waals surface area contributed by atoms with Crippen molar-refractivity contribution >= 4 is 11.9 Å². The lowest BCUT2D eigenvalue weighted by atomic mass is 10.4. The van der Waals surface area contributed by atoms with Gasteiger partial charge in [0.1, 0.15) is 18.6 Å². The molecule has 0 unspecified atom stereocenters. The normalized spacial score (nSPS) is 9.89. The summed E-state index contributed by atoms with van der Waals surface area (Å²) in [4.78, 5) is 33.4. The first-order valence-electron chi connectivity index (χ1n) is 5.54. The van der Waals surface area contributed by atoms with Gasteiger partial charge >= 0.3 is 11.9 Å². The molecule has 0 saturated carbocycles. The molecule has 1 aromatic heterocycles. The highest BCUT2D eigenvalue weighted by Crippen LogP contribution is 2.08. The Morgan fingerprint density at radius 1 is 1.22 bits per heavy atom. The van der Waals surface area contributed by atoms with E-state index in [0.29, 0.717) is 0 Å². The van der Waals surface area contributed by atoms with Gasteiger partial charge in [-0.1, -0.05) is 13.8 Å². The molecule has 0 fully saturated rings. The van der Waals surface area contributed by atoms with Crippen molar-refractivity contribution in [3.05, 3.63) is 28.3 Å². The molecule has 6 heteroatoms. The lowest BCUT2D eigenvalue weighted by molar-refractivity contribution is -0.145. The molecule has 0 saturated heterocycles. The highest BCUT2D eigenvalue weighted by atomic mass is 16.6. The second-order valence-electron chi connectivity index (χ2n) is 3.42. The summed E-state index contributed by atoms with van der Waals surface area (Å²) in [7, 11) is 0. The van der Waals surface area contributed by atoms with Gasteiger partial charge in [0.2, 0.25) is 11.2 Å². The first kappa shape index (κ1) is 14.0. The lowest BCUT2D eigenvalue weighted by Crippen LogP contribution is -2.14. The van der Waals surface area contributed by atoms with E-state index in [9.17, 15) is 14.4 Å². The zero-order chi connectivity index (χ0) is 13.5. The smallest absolute Gasteiger partial charge is 0.311 e. The highest BCUT2D eigenvalue weighted by Gasteiger charge is 2.09. The average molecular weight is 254 g/mol. The molecule has 0 N–H and O–H groups in total. The molecular formula is C12H14O6. The van der Waals surface area contributed by atoms with Gasteiger partial charge in [-0.2, -0.15) is 0 Å². The minimum atomic E-state index is -0.521. The third kappa shape index (κ3) is 4.04. The van der Waals surface area contributed by atoms with E-state index in [1.165, 1.54) is 0 Å². The number of rotatable bonds is 5. The summed E-state index contributed by atoms with van der Waals surface area (Å²) in [6.45, 7) is 3.15. The standard InChI is InChI=1S/C12H14O6/c1-3-11(14)17-6-8-5-9(13)10(7-16-8)18-12(15)4-2/h5,7H,3-4,6H2,1-2H3. The summed E-state index contributed by atoms with van der Waals surface area (Å²) in [5.74, 6) is -0.892. The van der Waals surface area contributed by atoms with Crippen molar-refractivity contribution in [2.45, 2.75) is 33.3 Å². The van der Waals surface area contributed by atoms with Crippen LogP contribution in [0.4, 0.5) is 0 Å². The Morgan fingerprint density at radius 2 is 1.89 bits per heavy atom. The van der Waals surface area contributed by atoms with Gasteiger partial charge in [-0.3, -0.25) is 14.4 Å². The van der Waals surface area contributed by atoms with Crippen LogP contribution < -0.4 is 10.2 Å². The molecule has 0 radical (unpaired) electrons. The van der Waals surface area contributed by atoms with Crippen LogP contribution in [0.15, 0.2) is 21.5 Å². The molecule has 18 heavy (non-hydrogen) atoms. The number of hydrogen-bond donors (Lipinski definition) is 0. The van der Waals surface area contributed by atoms with E-state index in [4.69, 9.17) is 13.9 Å². The van der Waals surface area contributed by atoms with Crippen molar-refractivity contribution in [1.82, 2.24) is 0 Å². The Bertz CT molecular complexity index is 488. The summed E-state index contributed by atoms with van der Waals surface area (Å²) in [5, 5.41) is 0. The summed E-state index contributed by atoms with van der Waals surface area (Å²) in [6.07, 6.45) is 1.44. The summed E-state index contributed by atoms with van der Waals surface area (Å²) in [5.41, 5.74) is -0.495. The van der Waals surface area contributed by atoms with Gasteiger partial charge in [0.25, 0.3) is 0 Å². The minimum absolute atomic E-state index is 0.121. The van der Waals surface area contributed by atoms with Gasteiger partial charge in [0, 0.05) is 18.9 Å². The third-order valence-electron chi connectivity index (χ3n) is 2.03. The Labute approximate surface area is 104 Å². The predicted octanol–water partition coefficient (Wildman–Crippen LogP) is 1.41. The number of carbonyl (C=O) groups is 2. The van der Waals surface area contributed by atoms with E-state index in [0.717, 1.165) is 12.3 Å². The maximum absolute atomic E-state index is 11.5. The summed E-state index contributed by atoms with van der Waals surface area (Å²) >= 11 is 0.